The van der Waals surface area contributed by atoms with Crippen LogP contribution >= 0.6 is 31.9 Å². The summed E-state index contributed by atoms with van der Waals surface area (Å²) in [4.78, 5) is 0. The molecule has 1 aromatic carbocycles. The minimum Gasteiger partial charge on any atom is -0.305 e. The topological polar surface area (TPSA) is 42.7 Å². The average Bonchev–Trinajstić information content (AvgIpc) is 2.79. The molecule has 114 valence electrons. The molecule has 1 N–H and O–H groups in total. The SMILES string of the molecule is CCCNC(c1ccc(F)c(F)c1Br)c1c(Br)nnn1C. The van der Waals surface area contributed by atoms with Gasteiger partial charge in [-0.3, -0.25) is 0 Å². The Morgan fingerprint density at radius 2 is 2.05 bits per heavy atom. The van der Waals surface area contributed by atoms with Crippen LogP contribution in [-0.4, -0.2) is 21.5 Å². The first-order chi connectivity index (χ1) is 9.97. The summed E-state index contributed by atoms with van der Waals surface area (Å²) in [5.74, 6) is -1.79. The number of nitrogens with one attached hydrogen (secondary N) is 1. The van der Waals surface area contributed by atoms with Crippen molar-refractivity contribution in [1.29, 1.82) is 0 Å². The molecule has 2 rings (SSSR count). The van der Waals surface area contributed by atoms with Gasteiger partial charge in [0, 0.05) is 7.05 Å². The number of aryl methyl sites for hydroxylation is 1. The van der Waals surface area contributed by atoms with Crippen molar-refractivity contribution in [2.75, 3.05) is 6.54 Å². The molecule has 2 aromatic rings. The fraction of sp³-hybridized carbons (Fsp3) is 0.385. The maximum Gasteiger partial charge on any atom is 0.173 e. The summed E-state index contributed by atoms with van der Waals surface area (Å²) in [5.41, 5.74) is 1.34. The van der Waals surface area contributed by atoms with E-state index in [1.165, 1.54) is 0 Å². The van der Waals surface area contributed by atoms with Crippen LogP contribution in [0.5, 0.6) is 0 Å². The molecular formula is C13H14Br2F2N4. The van der Waals surface area contributed by atoms with E-state index < -0.39 is 11.6 Å². The van der Waals surface area contributed by atoms with Gasteiger partial charge in [0.2, 0.25) is 0 Å². The van der Waals surface area contributed by atoms with Crippen LogP contribution in [0.1, 0.15) is 30.6 Å². The quantitative estimate of drug-likeness (QED) is 0.745. The normalized spacial score (nSPS) is 12.7. The smallest absolute Gasteiger partial charge is 0.173 e. The van der Waals surface area contributed by atoms with Crippen molar-refractivity contribution < 1.29 is 8.78 Å². The Bertz CT molecular complexity index is 626. The van der Waals surface area contributed by atoms with Crippen molar-refractivity contribution in [2.45, 2.75) is 19.4 Å². The molecule has 21 heavy (non-hydrogen) atoms. The second-order valence-electron chi connectivity index (χ2n) is 4.54. The minimum atomic E-state index is -0.901. The lowest BCUT2D eigenvalue weighted by Crippen LogP contribution is -2.26. The third-order valence-electron chi connectivity index (χ3n) is 3.07. The molecule has 0 saturated heterocycles. The van der Waals surface area contributed by atoms with E-state index in [1.807, 2.05) is 6.92 Å². The molecule has 1 aromatic heterocycles. The van der Waals surface area contributed by atoms with Crippen LogP contribution in [0.2, 0.25) is 0 Å². The number of hydrogen-bond donors (Lipinski definition) is 1. The molecule has 0 saturated carbocycles. The zero-order valence-corrected chi connectivity index (χ0v) is 14.7. The van der Waals surface area contributed by atoms with Gasteiger partial charge in [-0.2, -0.15) is 0 Å². The van der Waals surface area contributed by atoms with Gasteiger partial charge in [-0.1, -0.05) is 18.2 Å². The van der Waals surface area contributed by atoms with Crippen molar-refractivity contribution in [2.24, 2.45) is 7.05 Å². The van der Waals surface area contributed by atoms with Crippen LogP contribution in [0.25, 0.3) is 0 Å². The van der Waals surface area contributed by atoms with Crippen molar-refractivity contribution >= 4 is 31.9 Å². The van der Waals surface area contributed by atoms with Crippen LogP contribution in [0, 0.1) is 11.6 Å². The van der Waals surface area contributed by atoms with Gasteiger partial charge in [0.15, 0.2) is 16.2 Å². The van der Waals surface area contributed by atoms with Crippen LogP contribution in [0.4, 0.5) is 8.78 Å². The van der Waals surface area contributed by atoms with Crippen molar-refractivity contribution in [3.63, 3.8) is 0 Å². The third kappa shape index (κ3) is 3.32. The maximum absolute atomic E-state index is 13.8. The molecule has 0 fully saturated rings. The van der Waals surface area contributed by atoms with Crippen LogP contribution < -0.4 is 5.32 Å². The lowest BCUT2D eigenvalue weighted by Gasteiger charge is -2.21. The summed E-state index contributed by atoms with van der Waals surface area (Å²) in [5, 5.41) is 11.2. The van der Waals surface area contributed by atoms with E-state index in [9.17, 15) is 8.78 Å². The number of aromatic nitrogens is 3. The summed E-state index contributed by atoms with van der Waals surface area (Å²) < 4.78 is 29.4. The van der Waals surface area contributed by atoms with Gasteiger partial charge < -0.3 is 5.32 Å². The Morgan fingerprint density at radius 3 is 2.62 bits per heavy atom. The van der Waals surface area contributed by atoms with Gasteiger partial charge >= 0.3 is 0 Å². The van der Waals surface area contributed by atoms with Crippen LogP contribution in [0.3, 0.4) is 0 Å². The molecule has 0 aliphatic heterocycles. The molecule has 0 radical (unpaired) electrons. The molecule has 0 aliphatic carbocycles. The molecule has 1 unspecified atom stereocenters. The monoisotopic (exact) mass is 422 g/mol. The first-order valence-electron chi connectivity index (χ1n) is 6.39. The predicted molar refractivity (Wildman–Crippen MR) is 82.9 cm³/mol. The second-order valence-corrected chi connectivity index (χ2v) is 6.08. The highest BCUT2D eigenvalue weighted by molar-refractivity contribution is 9.10. The molecular weight excluding hydrogens is 410 g/mol. The maximum atomic E-state index is 13.8. The zero-order valence-electron chi connectivity index (χ0n) is 11.5. The van der Waals surface area contributed by atoms with Crippen molar-refractivity contribution in [3.05, 3.63) is 44.1 Å². The Hall–Kier alpha value is -0.860. The fourth-order valence-electron chi connectivity index (χ4n) is 2.05. The Kier molecular flexibility index (Phi) is 5.45. The molecule has 8 heteroatoms. The average molecular weight is 424 g/mol. The zero-order chi connectivity index (χ0) is 15.6. The minimum absolute atomic E-state index is 0.101. The summed E-state index contributed by atoms with van der Waals surface area (Å²) >= 11 is 6.48. The van der Waals surface area contributed by atoms with Gasteiger partial charge in [-0.05, 0) is 56.5 Å². The molecule has 0 spiro atoms. The fourth-order valence-corrected chi connectivity index (χ4v) is 3.16. The molecule has 0 amide bonds. The highest BCUT2D eigenvalue weighted by Gasteiger charge is 2.25. The van der Waals surface area contributed by atoms with Gasteiger partial charge in [0.05, 0.1) is 16.2 Å². The van der Waals surface area contributed by atoms with E-state index in [1.54, 1.807) is 17.8 Å². The Morgan fingerprint density at radius 1 is 1.33 bits per heavy atom. The van der Waals surface area contributed by atoms with Gasteiger partial charge in [0.1, 0.15) is 0 Å². The number of nitrogens with zero attached hydrogens (tertiary/aromatic N) is 3. The predicted octanol–water partition coefficient (Wildman–Crippen LogP) is 3.71. The standard InChI is InChI=1S/C13H14Br2F2N4/c1-3-6-18-11(12-13(15)19-20-21(12)2)7-4-5-8(16)10(17)9(7)14/h4-5,11,18H,3,6H2,1-2H3. The molecule has 0 bridgehead atoms. The molecule has 1 heterocycles. The van der Waals surface area contributed by atoms with Crippen LogP contribution in [-0.2, 0) is 7.05 Å². The number of halogens is 4. The third-order valence-corrected chi connectivity index (χ3v) is 4.45. The first-order valence-corrected chi connectivity index (χ1v) is 7.97. The lowest BCUT2D eigenvalue weighted by molar-refractivity contribution is 0.494. The number of benzene rings is 1. The van der Waals surface area contributed by atoms with Gasteiger partial charge in [-0.15, -0.1) is 5.10 Å². The van der Waals surface area contributed by atoms with E-state index >= 15 is 0 Å². The Labute approximate surface area is 138 Å². The van der Waals surface area contributed by atoms with E-state index in [2.05, 4.69) is 47.5 Å². The number of rotatable bonds is 5. The first kappa shape index (κ1) is 16.5. The Balaban J connectivity index is 2.54. The van der Waals surface area contributed by atoms with Gasteiger partial charge in [-0.25, -0.2) is 13.5 Å². The van der Waals surface area contributed by atoms with E-state index in [0.29, 0.717) is 16.7 Å². The van der Waals surface area contributed by atoms with Crippen LogP contribution in [0.15, 0.2) is 21.2 Å². The van der Waals surface area contributed by atoms with E-state index in [-0.39, 0.29) is 10.5 Å². The largest absolute Gasteiger partial charge is 0.305 e. The van der Waals surface area contributed by atoms with Crippen molar-refractivity contribution in [3.8, 4) is 0 Å². The summed E-state index contributed by atoms with van der Waals surface area (Å²) in [6.07, 6.45) is 0.903. The summed E-state index contributed by atoms with van der Waals surface area (Å²) in [6.45, 7) is 2.74. The second kappa shape index (κ2) is 6.93. The summed E-state index contributed by atoms with van der Waals surface area (Å²) in [7, 11) is 1.75. The lowest BCUT2D eigenvalue weighted by atomic mass is 10.0. The van der Waals surface area contributed by atoms with Gasteiger partial charge in [0.25, 0.3) is 0 Å². The molecule has 4 nitrogen and oxygen atoms in total. The van der Waals surface area contributed by atoms with Crippen molar-refractivity contribution in [1.82, 2.24) is 20.3 Å². The van der Waals surface area contributed by atoms with E-state index in [4.69, 9.17) is 0 Å². The highest BCUT2D eigenvalue weighted by atomic mass is 79.9. The highest BCUT2D eigenvalue weighted by Crippen LogP contribution is 2.33. The molecule has 0 aliphatic rings. The van der Waals surface area contributed by atoms with E-state index in [0.717, 1.165) is 18.2 Å². The number of hydrogen-bond acceptors (Lipinski definition) is 3. The summed E-state index contributed by atoms with van der Waals surface area (Å²) in [6, 6.07) is 2.31. The molecule has 1 atom stereocenters.